The van der Waals surface area contributed by atoms with Crippen molar-refractivity contribution >= 4 is 17.7 Å². The lowest BCUT2D eigenvalue weighted by molar-refractivity contribution is 0.0420. The Morgan fingerprint density at radius 1 is 1.41 bits per heavy atom. The molecular weight excluding hydrogens is 234 g/mol. The van der Waals surface area contributed by atoms with E-state index in [1.165, 1.54) is 0 Å². The lowest BCUT2D eigenvalue weighted by atomic mass is 9.82. The zero-order valence-electron chi connectivity index (χ0n) is 9.85. The quantitative estimate of drug-likeness (QED) is 0.804. The van der Waals surface area contributed by atoms with Gasteiger partial charge in [-0.25, -0.2) is 0 Å². The molecular formula is C13H17NO2S. The molecule has 2 rings (SSSR count). The van der Waals surface area contributed by atoms with Crippen LogP contribution < -0.4 is 5.32 Å². The number of aliphatic hydroxyl groups excluding tert-OH is 1. The van der Waals surface area contributed by atoms with Crippen LogP contribution in [-0.2, 0) is 0 Å². The van der Waals surface area contributed by atoms with Crippen LogP contribution in [0.15, 0.2) is 29.2 Å². The number of amides is 1. The van der Waals surface area contributed by atoms with Gasteiger partial charge in [0.25, 0.3) is 5.91 Å². The van der Waals surface area contributed by atoms with Crippen LogP contribution >= 0.6 is 11.8 Å². The number of aliphatic hydroxyl groups is 1. The maximum absolute atomic E-state index is 11.8. The Morgan fingerprint density at radius 3 is 2.59 bits per heavy atom. The topological polar surface area (TPSA) is 49.3 Å². The predicted octanol–water partition coefficient (Wildman–Crippen LogP) is 1.91. The summed E-state index contributed by atoms with van der Waals surface area (Å²) in [5, 5.41) is 12.0. The molecule has 92 valence electrons. The number of carbonyl (C=O) groups is 1. The van der Waals surface area contributed by atoms with Crippen molar-refractivity contribution in [3.8, 4) is 0 Å². The van der Waals surface area contributed by atoms with E-state index in [1.54, 1.807) is 11.8 Å². The van der Waals surface area contributed by atoms with E-state index in [9.17, 15) is 4.79 Å². The van der Waals surface area contributed by atoms with Crippen LogP contribution in [0.5, 0.6) is 0 Å². The summed E-state index contributed by atoms with van der Waals surface area (Å²) in [7, 11) is 0. The molecule has 0 spiro atoms. The van der Waals surface area contributed by atoms with Gasteiger partial charge in [0.05, 0.1) is 6.10 Å². The van der Waals surface area contributed by atoms with Gasteiger partial charge in [0.15, 0.2) is 0 Å². The van der Waals surface area contributed by atoms with Crippen molar-refractivity contribution in [1.29, 1.82) is 0 Å². The molecule has 2 N–H and O–H groups in total. The zero-order valence-corrected chi connectivity index (χ0v) is 10.7. The van der Waals surface area contributed by atoms with Crippen LogP contribution in [0.25, 0.3) is 0 Å². The minimum atomic E-state index is -0.155. The fourth-order valence-corrected chi connectivity index (χ4v) is 2.36. The highest BCUT2D eigenvalue weighted by Gasteiger charge is 2.27. The third-order valence-electron chi connectivity index (χ3n) is 3.11. The number of hydrogen-bond donors (Lipinski definition) is 2. The molecule has 0 unspecified atom stereocenters. The van der Waals surface area contributed by atoms with Crippen molar-refractivity contribution < 1.29 is 9.90 Å². The highest BCUT2D eigenvalue weighted by atomic mass is 32.2. The largest absolute Gasteiger partial charge is 0.393 e. The average molecular weight is 251 g/mol. The maximum atomic E-state index is 11.8. The summed E-state index contributed by atoms with van der Waals surface area (Å²) in [5.74, 6) is 0.415. The van der Waals surface area contributed by atoms with Gasteiger partial charge in [-0.05, 0) is 49.3 Å². The Balaban J connectivity index is 1.82. The number of hydrogen-bond acceptors (Lipinski definition) is 3. The average Bonchev–Trinajstić information content (AvgIpc) is 2.33. The summed E-state index contributed by atoms with van der Waals surface area (Å²) in [6.07, 6.45) is 3.48. The van der Waals surface area contributed by atoms with E-state index >= 15 is 0 Å². The van der Waals surface area contributed by atoms with E-state index in [0.717, 1.165) is 17.7 Å². The van der Waals surface area contributed by atoms with Gasteiger partial charge in [0, 0.05) is 17.0 Å². The van der Waals surface area contributed by atoms with Crippen LogP contribution in [0.1, 0.15) is 23.2 Å². The normalized spacial score (nSPS) is 22.9. The molecule has 3 nitrogen and oxygen atoms in total. The summed E-state index contributed by atoms with van der Waals surface area (Å²) in [6.45, 7) is 0.667. The monoisotopic (exact) mass is 251 g/mol. The number of carbonyl (C=O) groups excluding carboxylic acids is 1. The van der Waals surface area contributed by atoms with Crippen molar-refractivity contribution in [2.75, 3.05) is 12.8 Å². The Kier molecular flexibility index (Phi) is 4.07. The number of thioether (sulfide) groups is 1. The summed E-state index contributed by atoms with van der Waals surface area (Å²) < 4.78 is 0. The van der Waals surface area contributed by atoms with E-state index in [-0.39, 0.29) is 12.0 Å². The van der Waals surface area contributed by atoms with E-state index in [2.05, 4.69) is 5.32 Å². The fourth-order valence-electron chi connectivity index (χ4n) is 1.95. The van der Waals surface area contributed by atoms with Gasteiger partial charge < -0.3 is 10.4 Å². The number of rotatable bonds is 4. The van der Waals surface area contributed by atoms with Crippen molar-refractivity contribution in [1.82, 2.24) is 5.32 Å². The summed E-state index contributed by atoms with van der Waals surface area (Å²) in [5.41, 5.74) is 0.697. The van der Waals surface area contributed by atoms with E-state index in [1.807, 2.05) is 30.5 Å². The molecule has 1 aromatic carbocycles. The van der Waals surface area contributed by atoms with Gasteiger partial charge in [-0.15, -0.1) is 11.8 Å². The van der Waals surface area contributed by atoms with Crippen LogP contribution in [-0.4, -0.2) is 29.9 Å². The minimum absolute atomic E-state index is 0.0287. The van der Waals surface area contributed by atoms with Gasteiger partial charge in [0.2, 0.25) is 0 Å². The molecule has 0 radical (unpaired) electrons. The van der Waals surface area contributed by atoms with Crippen molar-refractivity contribution in [3.05, 3.63) is 29.8 Å². The summed E-state index contributed by atoms with van der Waals surface area (Å²) in [6, 6.07) is 7.59. The molecule has 0 aliphatic heterocycles. The molecule has 1 aromatic rings. The molecule has 17 heavy (non-hydrogen) atoms. The molecule has 4 heteroatoms. The third-order valence-corrected chi connectivity index (χ3v) is 3.86. The first-order valence-corrected chi connectivity index (χ1v) is 7.02. The summed E-state index contributed by atoms with van der Waals surface area (Å²) >= 11 is 1.66. The SMILES string of the molecule is CSc1ccc(C(=O)NCC2CC(O)C2)cc1. The fraction of sp³-hybridized carbons (Fsp3) is 0.462. The second-order valence-corrected chi connectivity index (χ2v) is 5.31. The lowest BCUT2D eigenvalue weighted by Crippen LogP contribution is -2.38. The second-order valence-electron chi connectivity index (χ2n) is 4.43. The van der Waals surface area contributed by atoms with E-state index in [4.69, 9.17) is 5.11 Å². The van der Waals surface area contributed by atoms with Crippen molar-refractivity contribution in [2.45, 2.75) is 23.8 Å². The van der Waals surface area contributed by atoms with Gasteiger partial charge in [-0.2, -0.15) is 0 Å². The molecule has 1 fully saturated rings. The smallest absolute Gasteiger partial charge is 0.251 e. The van der Waals surface area contributed by atoms with Gasteiger partial charge in [-0.3, -0.25) is 4.79 Å². The van der Waals surface area contributed by atoms with E-state index < -0.39 is 0 Å². The molecule has 1 saturated carbocycles. The first kappa shape index (κ1) is 12.5. The molecule has 1 amide bonds. The molecule has 0 atom stereocenters. The van der Waals surface area contributed by atoms with E-state index in [0.29, 0.717) is 18.0 Å². The van der Waals surface area contributed by atoms with Gasteiger partial charge in [0.1, 0.15) is 0 Å². The van der Waals surface area contributed by atoms with Crippen molar-refractivity contribution in [3.63, 3.8) is 0 Å². The van der Waals surface area contributed by atoms with Crippen LogP contribution in [0.2, 0.25) is 0 Å². The number of benzene rings is 1. The highest BCUT2D eigenvalue weighted by Crippen LogP contribution is 2.26. The van der Waals surface area contributed by atoms with Crippen molar-refractivity contribution in [2.24, 2.45) is 5.92 Å². The van der Waals surface area contributed by atoms with Gasteiger partial charge in [-0.1, -0.05) is 0 Å². The first-order valence-electron chi connectivity index (χ1n) is 5.79. The summed E-state index contributed by atoms with van der Waals surface area (Å²) in [4.78, 5) is 12.9. The highest BCUT2D eigenvalue weighted by molar-refractivity contribution is 7.98. The minimum Gasteiger partial charge on any atom is -0.393 e. The second kappa shape index (κ2) is 5.56. The Bertz CT molecular complexity index is 385. The standard InChI is InChI=1S/C13H17NO2S/c1-17-12-4-2-10(3-5-12)13(16)14-8-9-6-11(15)7-9/h2-5,9,11,15H,6-8H2,1H3,(H,14,16). The van der Waals surface area contributed by atoms with Gasteiger partial charge >= 0.3 is 0 Å². The first-order chi connectivity index (χ1) is 8.19. The molecule has 0 aromatic heterocycles. The lowest BCUT2D eigenvalue weighted by Gasteiger charge is -2.31. The Labute approximate surface area is 106 Å². The maximum Gasteiger partial charge on any atom is 0.251 e. The molecule has 1 aliphatic carbocycles. The molecule has 0 heterocycles. The molecule has 0 saturated heterocycles. The number of nitrogens with one attached hydrogen (secondary N) is 1. The predicted molar refractivity (Wildman–Crippen MR) is 69.3 cm³/mol. The Morgan fingerprint density at radius 2 is 2.06 bits per heavy atom. The Hall–Kier alpha value is -1.00. The zero-order chi connectivity index (χ0) is 12.3. The molecule has 0 bridgehead atoms. The molecule has 1 aliphatic rings. The van der Waals surface area contributed by atoms with Crippen LogP contribution in [0.3, 0.4) is 0 Å². The van der Waals surface area contributed by atoms with Crippen LogP contribution in [0.4, 0.5) is 0 Å². The third kappa shape index (κ3) is 3.23. The van der Waals surface area contributed by atoms with Crippen LogP contribution in [0, 0.1) is 5.92 Å².